The molecule has 0 aliphatic carbocycles. The van der Waals surface area contributed by atoms with Gasteiger partial charge in [-0.25, -0.2) is 14.4 Å². The number of piperidine rings is 1. The molecule has 0 saturated carbocycles. The monoisotopic (exact) mass is 476 g/mol. The Morgan fingerprint density at radius 2 is 1.79 bits per heavy atom. The zero-order chi connectivity index (χ0) is 22.4. The van der Waals surface area contributed by atoms with Crippen LogP contribution in [0, 0.1) is 5.82 Å². The topological polar surface area (TPSA) is 61.9 Å². The fourth-order valence-electron chi connectivity index (χ4n) is 4.43. The zero-order valence-corrected chi connectivity index (χ0v) is 19.4. The Morgan fingerprint density at radius 1 is 1.00 bits per heavy atom. The molecule has 0 atom stereocenters. The van der Waals surface area contributed by atoms with Gasteiger partial charge < -0.3 is 4.98 Å². The number of para-hydroxylation sites is 1. The van der Waals surface area contributed by atoms with Crippen molar-refractivity contribution in [3.8, 4) is 10.4 Å². The van der Waals surface area contributed by atoms with Crippen molar-refractivity contribution in [3.63, 3.8) is 0 Å². The fourth-order valence-corrected chi connectivity index (χ4v) is 6.57. The third-order valence-corrected chi connectivity index (χ3v) is 8.55. The van der Waals surface area contributed by atoms with Crippen LogP contribution in [0.15, 0.2) is 59.4 Å². The number of hydrogen-bond donors (Lipinski definition) is 1. The maximum absolute atomic E-state index is 13.2. The molecule has 0 amide bonds. The number of benzene rings is 2. The van der Waals surface area contributed by atoms with Gasteiger partial charge >= 0.3 is 0 Å². The van der Waals surface area contributed by atoms with Crippen LogP contribution in [0.4, 0.5) is 4.39 Å². The summed E-state index contributed by atoms with van der Waals surface area (Å²) in [6.45, 7) is 2.53. The third-order valence-electron chi connectivity index (χ3n) is 6.18. The molecule has 1 fully saturated rings. The van der Waals surface area contributed by atoms with Gasteiger partial charge in [-0.15, -0.1) is 22.7 Å². The van der Waals surface area contributed by atoms with Crippen LogP contribution in [0.25, 0.3) is 30.9 Å². The Hall–Kier alpha value is -2.94. The standard InChI is InChI=1S/C25H21FN4OS2/c26-17-7-5-15(6-8-17)21-13-19-23(32-21)24(31)29-22(27-19)14-30-11-9-16(10-12-30)25-28-18-3-1-2-4-20(18)33-25/h1-8,13,16H,9-12,14H2,(H,27,29,31). The average molecular weight is 477 g/mol. The van der Waals surface area contributed by atoms with Gasteiger partial charge in [-0.05, 0) is 61.8 Å². The first-order valence-electron chi connectivity index (χ1n) is 11.0. The van der Waals surface area contributed by atoms with Crippen LogP contribution < -0.4 is 5.56 Å². The van der Waals surface area contributed by atoms with E-state index in [9.17, 15) is 9.18 Å². The Labute approximate surface area is 197 Å². The van der Waals surface area contributed by atoms with Crippen molar-refractivity contribution < 1.29 is 4.39 Å². The van der Waals surface area contributed by atoms with E-state index in [1.54, 1.807) is 23.5 Å². The van der Waals surface area contributed by atoms with Crippen LogP contribution in [0.2, 0.25) is 0 Å². The van der Waals surface area contributed by atoms with Crippen LogP contribution >= 0.6 is 22.7 Å². The van der Waals surface area contributed by atoms with Gasteiger partial charge in [-0.3, -0.25) is 9.69 Å². The summed E-state index contributed by atoms with van der Waals surface area (Å²) in [7, 11) is 0. The molecule has 0 spiro atoms. The SMILES string of the molecule is O=c1[nH]c(CN2CCC(c3nc4ccccc4s3)CC2)nc2cc(-c3ccc(F)cc3)sc12. The summed E-state index contributed by atoms with van der Waals surface area (Å²) >= 11 is 3.19. The number of halogens is 1. The minimum atomic E-state index is -0.273. The Bertz CT molecular complexity index is 1460. The van der Waals surface area contributed by atoms with Crippen molar-refractivity contribution in [1.82, 2.24) is 19.9 Å². The normalized spacial score (nSPS) is 15.5. The number of H-pyrrole nitrogens is 1. The van der Waals surface area contributed by atoms with Crippen molar-refractivity contribution in [2.75, 3.05) is 13.1 Å². The number of likely N-dealkylation sites (tertiary alicyclic amines) is 1. The molecule has 33 heavy (non-hydrogen) atoms. The van der Waals surface area contributed by atoms with Crippen molar-refractivity contribution in [1.29, 1.82) is 0 Å². The summed E-state index contributed by atoms with van der Waals surface area (Å²) in [6, 6.07) is 16.6. The highest BCUT2D eigenvalue weighted by Gasteiger charge is 2.24. The summed E-state index contributed by atoms with van der Waals surface area (Å²) in [5, 5.41) is 1.23. The summed E-state index contributed by atoms with van der Waals surface area (Å²) in [5.41, 5.74) is 2.56. The van der Waals surface area contributed by atoms with Crippen LogP contribution in [0.5, 0.6) is 0 Å². The number of aromatic amines is 1. The number of thiazole rings is 1. The van der Waals surface area contributed by atoms with Crippen molar-refractivity contribution in [3.05, 3.63) is 81.6 Å². The molecular weight excluding hydrogens is 455 g/mol. The van der Waals surface area contributed by atoms with Crippen LogP contribution in [-0.2, 0) is 6.54 Å². The van der Waals surface area contributed by atoms with Gasteiger partial charge in [0.2, 0.25) is 0 Å². The van der Waals surface area contributed by atoms with Gasteiger partial charge in [0.25, 0.3) is 5.56 Å². The molecule has 5 nitrogen and oxygen atoms in total. The van der Waals surface area contributed by atoms with E-state index in [-0.39, 0.29) is 11.4 Å². The van der Waals surface area contributed by atoms with Gasteiger partial charge in [0, 0.05) is 10.8 Å². The lowest BCUT2D eigenvalue weighted by Gasteiger charge is -2.30. The van der Waals surface area contributed by atoms with Gasteiger partial charge in [0.1, 0.15) is 16.3 Å². The van der Waals surface area contributed by atoms with Crippen LogP contribution in [0.1, 0.15) is 29.6 Å². The molecule has 1 aliphatic heterocycles. The van der Waals surface area contributed by atoms with Crippen molar-refractivity contribution >= 4 is 43.1 Å². The van der Waals surface area contributed by atoms with Gasteiger partial charge in [-0.2, -0.15) is 0 Å². The van der Waals surface area contributed by atoms with E-state index < -0.39 is 0 Å². The first kappa shape index (κ1) is 20.7. The van der Waals surface area contributed by atoms with Gasteiger partial charge in [-0.1, -0.05) is 24.3 Å². The van der Waals surface area contributed by atoms with Crippen molar-refractivity contribution in [2.24, 2.45) is 0 Å². The Morgan fingerprint density at radius 3 is 2.58 bits per heavy atom. The molecular formula is C25H21FN4OS2. The van der Waals surface area contributed by atoms with E-state index in [1.807, 2.05) is 12.1 Å². The van der Waals surface area contributed by atoms with E-state index in [0.717, 1.165) is 41.9 Å². The number of hydrogen-bond acceptors (Lipinski definition) is 6. The molecule has 0 radical (unpaired) electrons. The average Bonchev–Trinajstić information content (AvgIpc) is 3.45. The maximum Gasteiger partial charge on any atom is 0.268 e. The Kier molecular flexibility index (Phi) is 5.28. The number of fused-ring (bicyclic) bond motifs is 2. The minimum Gasteiger partial charge on any atom is -0.308 e. The number of nitrogens with one attached hydrogen (secondary N) is 1. The number of thiophene rings is 1. The second-order valence-electron chi connectivity index (χ2n) is 8.41. The number of aromatic nitrogens is 3. The summed E-state index contributed by atoms with van der Waals surface area (Å²) in [5.74, 6) is 0.905. The quantitative estimate of drug-likeness (QED) is 0.357. The fraction of sp³-hybridized carbons (Fsp3) is 0.240. The predicted molar refractivity (Wildman–Crippen MR) is 133 cm³/mol. The summed E-state index contributed by atoms with van der Waals surface area (Å²) < 4.78 is 15.1. The molecule has 6 rings (SSSR count). The highest BCUT2D eigenvalue weighted by atomic mass is 32.1. The summed E-state index contributed by atoms with van der Waals surface area (Å²) in [4.78, 5) is 28.5. The van der Waals surface area contributed by atoms with Crippen molar-refractivity contribution in [2.45, 2.75) is 25.3 Å². The highest BCUT2D eigenvalue weighted by Crippen LogP contribution is 2.34. The molecule has 5 aromatic rings. The maximum atomic E-state index is 13.2. The summed E-state index contributed by atoms with van der Waals surface area (Å²) in [6.07, 6.45) is 2.11. The second-order valence-corrected chi connectivity index (χ2v) is 10.5. The molecule has 0 bridgehead atoms. The van der Waals surface area contributed by atoms with E-state index in [4.69, 9.17) is 9.97 Å². The molecule has 166 valence electrons. The molecule has 2 aromatic carbocycles. The number of rotatable bonds is 4. The van der Waals surface area contributed by atoms with Crippen LogP contribution in [0.3, 0.4) is 0 Å². The minimum absolute atomic E-state index is 0.113. The molecule has 0 unspecified atom stereocenters. The third kappa shape index (κ3) is 4.10. The number of nitrogens with zero attached hydrogens (tertiary/aromatic N) is 3. The first-order valence-corrected chi connectivity index (χ1v) is 12.6. The Balaban J connectivity index is 1.17. The van der Waals surface area contributed by atoms with Gasteiger partial charge in [0.15, 0.2) is 0 Å². The lowest BCUT2D eigenvalue weighted by molar-refractivity contribution is 0.200. The van der Waals surface area contributed by atoms with E-state index in [1.165, 1.54) is 33.2 Å². The van der Waals surface area contributed by atoms with Crippen LogP contribution in [-0.4, -0.2) is 32.9 Å². The van der Waals surface area contributed by atoms with E-state index >= 15 is 0 Å². The largest absolute Gasteiger partial charge is 0.308 e. The predicted octanol–water partition coefficient (Wildman–Crippen LogP) is 5.78. The van der Waals surface area contributed by atoms with E-state index in [2.05, 4.69) is 28.1 Å². The second kappa shape index (κ2) is 8.44. The molecule has 1 N–H and O–H groups in total. The highest BCUT2D eigenvalue weighted by molar-refractivity contribution is 7.22. The molecule has 8 heteroatoms. The first-order chi connectivity index (χ1) is 16.1. The van der Waals surface area contributed by atoms with Gasteiger partial charge in [0.05, 0.1) is 27.3 Å². The molecule has 3 aromatic heterocycles. The molecule has 1 saturated heterocycles. The smallest absolute Gasteiger partial charge is 0.268 e. The molecule has 1 aliphatic rings. The van der Waals surface area contributed by atoms with E-state index in [0.29, 0.717) is 28.5 Å². The lowest BCUT2D eigenvalue weighted by atomic mass is 9.97. The lowest BCUT2D eigenvalue weighted by Crippen LogP contribution is -2.33. The zero-order valence-electron chi connectivity index (χ0n) is 17.8. The molecule has 4 heterocycles.